The zero-order chi connectivity index (χ0) is 42.9. The third-order valence-corrected chi connectivity index (χ3v) is 12.0. The normalized spacial score (nSPS) is 13.7. The van der Waals surface area contributed by atoms with E-state index in [0.717, 1.165) is 50.8 Å². The van der Waals surface area contributed by atoms with Crippen molar-refractivity contribution in [2.24, 2.45) is 4.99 Å². The number of methoxy groups -OCH3 is 2. The second-order valence-corrected chi connectivity index (χ2v) is 16.5. The van der Waals surface area contributed by atoms with E-state index in [0.29, 0.717) is 78.8 Å². The molecule has 0 saturated heterocycles. The van der Waals surface area contributed by atoms with Crippen LogP contribution in [0, 0.1) is 6.92 Å². The van der Waals surface area contributed by atoms with E-state index < -0.39 is 0 Å². The smallest absolute Gasteiger partial charge is 0.261 e. The number of aliphatic imine (C=N–C) groups is 1. The Morgan fingerprint density at radius 3 is 2.52 bits per heavy atom. The van der Waals surface area contributed by atoms with Crippen LogP contribution in [0.4, 0.5) is 11.4 Å². The number of allylic oxidation sites excluding steroid dienone is 2. The van der Waals surface area contributed by atoms with Gasteiger partial charge in [-0.05, 0) is 109 Å². The van der Waals surface area contributed by atoms with Crippen LogP contribution in [0.3, 0.4) is 0 Å². The quantitative estimate of drug-likeness (QED) is 0.0230. The Kier molecular flexibility index (Phi) is 17.6. The minimum Gasteiger partial charge on any atom is -0.495 e. The van der Waals surface area contributed by atoms with Crippen molar-refractivity contribution in [2.75, 3.05) is 50.3 Å². The molecule has 0 saturated carbocycles. The fraction of sp³-hybridized carbons (Fsp3) is 0.348. The molecule has 14 heteroatoms. The maximum Gasteiger partial charge on any atom is 0.261 e. The summed E-state index contributed by atoms with van der Waals surface area (Å²) in [5.74, 6) is 3.09. The van der Waals surface area contributed by atoms with E-state index in [-0.39, 0.29) is 25.0 Å². The highest BCUT2D eigenvalue weighted by Crippen LogP contribution is 2.33. The number of carbonyl (C=O) groups excluding carboxylic acids is 2. The summed E-state index contributed by atoms with van der Waals surface area (Å²) in [5, 5.41) is 7.45. The van der Waals surface area contributed by atoms with Gasteiger partial charge >= 0.3 is 0 Å². The first-order chi connectivity index (χ1) is 29.1. The number of rotatable bonds is 22. The number of benzene rings is 3. The molecular weight excluding hydrogens is 797 g/mol. The number of hydrogen-bond acceptors (Lipinski definition) is 12. The second kappa shape index (κ2) is 23.3. The van der Waals surface area contributed by atoms with Crippen molar-refractivity contribution >= 4 is 51.1 Å². The Hall–Kier alpha value is -5.60. The molecule has 0 aliphatic carbocycles. The van der Waals surface area contributed by atoms with Gasteiger partial charge in [0, 0.05) is 54.4 Å². The highest BCUT2D eigenvalue weighted by molar-refractivity contribution is 8.76. The third-order valence-electron chi connectivity index (χ3n) is 9.78. The number of amides is 2. The summed E-state index contributed by atoms with van der Waals surface area (Å²) in [6, 6.07) is 23.3. The zero-order valence-corrected chi connectivity index (χ0v) is 37.0. The fourth-order valence-corrected chi connectivity index (χ4v) is 8.30. The molecule has 4 aromatic rings. The SMILES string of the molecule is CCc1ccccc1N1C=NC/C(=C(C)\C(OC)=C(/C)NCc2cc(COc3cc(N)c(C)cc3OC)cc(OCCCCC(=O)NCCSSc3ccccn3)c2)C1=O. The van der Waals surface area contributed by atoms with Crippen LogP contribution in [0.15, 0.2) is 112 Å². The van der Waals surface area contributed by atoms with E-state index >= 15 is 0 Å². The Balaban J connectivity index is 1.23. The summed E-state index contributed by atoms with van der Waals surface area (Å²) >= 11 is 0. The van der Waals surface area contributed by atoms with Crippen LogP contribution in [-0.2, 0) is 33.9 Å². The minimum atomic E-state index is -0.126. The monoisotopic (exact) mass is 852 g/mol. The number of carbonyl (C=O) groups is 2. The number of para-hydroxylation sites is 1. The summed E-state index contributed by atoms with van der Waals surface area (Å²) < 4.78 is 24.0. The molecule has 5 rings (SSSR count). The van der Waals surface area contributed by atoms with Crippen LogP contribution in [0.25, 0.3) is 0 Å². The summed E-state index contributed by atoms with van der Waals surface area (Å²) in [7, 11) is 6.47. The summed E-state index contributed by atoms with van der Waals surface area (Å²) in [5.41, 5.74) is 13.5. The fourth-order valence-electron chi connectivity index (χ4n) is 6.52. The molecule has 1 aromatic heterocycles. The van der Waals surface area contributed by atoms with Crippen molar-refractivity contribution in [1.82, 2.24) is 15.6 Å². The number of nitrogen functional groups attached to an aromatic ring is 1. The van der Waals surface area contributed by atoms with Crippen molar-refractivity contribution in [3.05, 3.63) is 124 Å². The number of aromatic nitrogens is 1. The van der Waals surface area contributed by atoms with Crippen LogP contribution >= 0.6 is 21.6 Å². The van der Waals surface area contributed by atoms with Crippen LogP contribution < -0.4 is 35.5 Å². The number of anilines is 2. The summed E-state index contributed by atoms with van der Waals surface area (Å²) in [4.78, 5) is 36.8. The average Bonchev–Trinajstić information content (AvgIpc) is 3.26. The number of hydrogen-bond donors (Lipinski definition) is 3. The van der Waals surface area contributed by atoms with Gasteiger partial charge in [-0.25, -0.2) is 4.98 Å². The van der Waals surface area contributed by atoms with Crippen LogP contribution in [-0.4, -0.2) is 62.8 Å². The highest BCUT2D eigenvalue weighted by Gasteiger charge is 2.27. The van der Waals surface area contributed by atoms with Crippen LogP contribution in [0.1, 0.15) is 62.3 Å². The molecule has 0 spiro atoms. The largest absolute Gasteiger partial charge is 0.495 e. The first-order valence-electron chi connectivity index (χ1n) is 20.0. The number of aryl methyl sites for hydroxylation is 2. The molecule has 60 heavy (non-hydrogen) atoms. The van der Waals surface area contributed by atoms with Gasteiger partial charge in [0.25, 0.3) is 5.91 Å². The lowest BCUT2D eigenvalue weighted by Crippen LogP contribution is -2.36. The Bertz CT molecular complexity index is 2180. The van der Waals surface area contributed by atoms with E-state index in [1.807, 2.05) is 81.4 Å². The van der Waals surface area contributed by atoms with Gasteiger partial charge in [0.05, 0.1) is 45.1 Å². The van der Waals surface area contributed by atoms with Gasteiger partial charge in [0.2, 0.25) is 5.91 Å². The van der Waals surface area contributed by atoms with E-state index in [4.69, 9.17) is 24.7 Å². The Morgan fingerprint density at radius 2 is 1.75 bits per heavy atom. The predicted molar refractivity (Wildman–Crippen MR) is 244 cm³/mol. The number of nitrogens with zero attached hydrogens (tertiary/aromatic N) is 3. The molecule has 0 radical (unpaired) electrons. The topological polar surface area (TPSA) is 150 Å². The van der Waals surface area contributed by atoms with Crippen molar-refractivity contribution in [2.45, 2.75) is 71.6 Å². The van der Waals surface area contributed by atoms with Gasteiger partial charge in [-0.3, -0.25) is 19.5 Å². The van der Waals surface area contributed by atoms with Gasteiger partial charge in [-0.15, -0.1) is 0 Å². The van der Waals surface area contributed by atoms with Crippen LogP contribution in [0.2, 0.25) is 0 Å². The predicted octanol–water partition coefficient (Wildman–Crippen LogP) is 8.59. The van der Waals surface area contributed by atoms with Crippen molar-refractivity contribution < 1.29 is 28.5 Å². The van der Waals surface area contributed by atoms with E-state index in [1.165, 1.54) is 0 Å². The maximum atomic E-state index is 13.9. The van der Waals surface area contributed by atoms with Gasteiger partial charge in [0.1, 0.15) is 23.1 Å². The molecule has 1 aliphatic rings. The first kappa shape index (κ1) is 45.5. The molecule has 0 bridgehead atoms. The zero-order valence-electron chi connectivity index (χ0n) is 35.3. The lowest BCUT2D eigenvalue weighted by Gasteiger charge is -2.26. The average molecular weight is 853 g/mol. The van der Waals surface area contributed by atoms with Crippen LogP contribution in [0.5, 0.6) is 17.2 Å². The van der Waals surface area contributed by atoms with E-state index in [1.54, 1.807) is 59.3 Å². The molecule has 2 heterocycles. The highest BCUT2D eigenvalue weighted by atomic mass is 33.1. The van der Waals surface area contributed by atoms with E-state index in [9.17, 15) is 9.59 Å². The lowest BCUT2D eigenvalue weighted by atomic mass is 10.0. The summed E-state index contributed by atoms with van der Waals surface area (Å²) in [6.45, 7) is 9.79. The minimum absolute atomic E-state index is 0.0302. The lowest BCUT2D eigenvalue weighted by molar-refractivity contribution is -0.121. The number of pyridine rings is 1. The van der Waals surface area contributed by atoms with Gasteiger partial charge < -0.3 is 35.3 Å². The summed E-state index contributed by atoms with van der Waals surface area (Å²) in [6.07, 6.45) is 6.01. The number of nitrogens with one attached hydrogen (secondary N) is 2. The van der Waals surface area contributed by atoms with Crippen molar-refractivity contribution in [3.8, 4) is 17.2 Å². The first-order valence-corrected chi connectivity index (χ1v) is 22.3. The Morgan fingerprint density at radius 1 is 0.950 bits per heavy atom. The third kappa shape index (κ3) is 12.9. The molecule has 1 aliphatic heterocycles. The van der Waals surface area contributed by atoms with Gasteiger partial charge in [-0.1, -0.05) is 48.0 Å². The van der Waals surface area contributed by atoms with Gasteiger partial charge in [-0.2, -0.15) is 0 Å². The molecule has 318 valence electrons. The maximum absolute atomic E-state index is 13.9. The molecular formula is C46H56N6O6S2. The molecule has 12 nitrogen and oxygen atoms in total. The molecule has 0 fully saturated rings. The van der Waals surface area contributed by atoms with Gasteiger partial charge in [0.15, 0.2) is 11.5 Å². The van der Waals surface area contributed by atoms with Crippen molar-refractivity contribution in [1.29, 1.82) is 0 Å². The van der Waals surface area contributed by atoms with E-state index in [2.05, 4.69) is 33.6 Å². The number of nitrogens with two attached hydrogens (primary N) is 1. The molecule has 3 aromatic carbocycles. The van der Waals surface area contributed by atoms with Crippen molar-refractivity contribution in [3.63, 3.8) is 0 Å². The molecule has 4 N–H and O–H groups in total. The standard InChI is InChI=1S/C46H56N6O6S2/c1-7-36-14-8-9-15-40(36)52-30-48-28-38(46(52)54)32(3)45(56-6)33(4)51-27-34-23-35(29-58-42-26-39(47)31(2)22-41(42)55-5)25-37(24-34)57-20-13-11-16-43(53)49-19-21-59-60-44-17-10-12-18-50-44/h8-10,12,14-15,17-18,22-26,30,51H,7,11,13,16,19-21,27-29,47H2,1-6H3,(H,49,53)/b38-32+,45-33-. The number of ether oxygens (including phenoxy) is 4. The number of unbranched alkanes of at least 4 members (excludes halogenated alkanes) is 1. The molecule has 2 amide bonds. The molecule has 0 atom stereocenters. The molecule has 0 unspecified atom stereocenters. The Labute approximate surface area is 361 Å². The second-order valence-electron chi connectivity index (χ2n) is 14.1.